The number of rotatable bonds is 4. The van der Waals surface area contributed by atoms with Gasteiger partial charge in [0.15, 0.2) is 11.0 Å². The van der Waals surface area contributed by atoms with Gasteiger partial charge in [-0.2, -0.15) is 0 Å². The lowest BCUT2D eigenvalue weighted by Crippen LogP contribution is -2.39. The molecule has 94 valence electrons. The molecule has 1 N–H and O–H groups in total. The second kappa shape index (κ2) is 6.17. The van der Waals surface area contributed by atoms with Crippen molar-refractivity contribution >= 4 is 17.4 Å². The second-order valence-electron chi connectivity index (χ2n) is 4.38. The third kappa shape index (κ3) is 3.07. The van der Waals surface area contributed by atoms with Gasteiger partial charge in [-0.25, -0.2) is 9.97 Å². The third-order valence-corrected chi connectivity index (χ3v) is 3.53. The van der Waals surface area contributed by atoms with E-state index in [0.717, 1.165) is 12.8 Å². The van der Waals surface area contributed by atoms with Gasteiger partial charge in [-0.1, -0.05) is 30.9 Å². The van der Waals surface area contributed by atoms with Crippen molar-refractivity contribution in [2.24, 2.45) is 0 Å². The summed E-state index contributed by atoms with van der Waals surface area (Å²) in [6.07, 6.45) is 9.31. The first-order valence-corrected chi connectivity index (χ1v) is 6.54. The Hall–Kier alpha value is -0.870. The maximum atomic E-state index is 9.19. The van der Waals surface area contributed by atoms with Crippen LogP contribution < -0.4 is 4.90 Å². The molecule has 0 saturated heterocycles. The van der Waals surface area contributed by atoms with Crippen molar-refractivity contribution in [1.29, 1.82) is 0 Å². The molecule has 1 aromatic heterocycles. The van der Waals surface area contributed by atoms with E-state index < -0.39 is 0 Å². The van der Waals surface area contributed by atoms with Crippen molar-refractivity contribution in [2.75, 3.05) is 18.1 Å². The van der Waals surface area contributed by atoms with Crippen LogP contribution in [-0.4, -0.2) is 34.3 Å². The van der Waals surface area contributed by atoms with Gasteiger partial charge in [-0.3, -0.25) is 0 Å². The van der Waals surface area contributed by atoms with Crippen LogP contribution >= 0.6 is 11.6 Å². The van der Waals surface area contributed by atoms with E-state index in [1.807, 2.05) is 0 Å². The summed E-state index contributed by atoms with van der Waals surface area (Å²) in [5.41, 5.74) is 0. The van der Waals surface area contributed by atoms with Gasteiger partial charge in [0.2, 0.25) is 0 Å². The second-order valence-corrected chi connectivity index (χ2v) is 4.74. The van der Waals surface area contributed by atoms with Crippen LogP contribution in [0.5, 0.6) is 0 Å². The van der Waals surface area contributed by atoms with E-state index in [0.29, 0.717) is 23.6 Å². The van der Waals surface area contributed by atoms with Crippen molar-refractivity contribution in [2.45, 2.75) is 38.1 Å². The molecule has 1 heterocycles. The molecule has 0 atom stereocenters. The fraction of sp³-hybridized carbons (Fsp3) is 0.667. The van der Waals surface area contributed by atoms with E-state index in [2.05, 4.69) is 14.9 Å². The lowest BCUT2D eigenvalue weighted by molar-refractivity contribution is 0.289. The Morgan fingerprint density at radius 1 is 1.24 bits per heavy atom. The van der Waals surface area contributed by atoms with Crippen molar-refractivity contribution in [3.63, 3.8) is 0 Å². The highest BCUT2D eigenvalue weighted by molar-refractivity contribution is 6.31. The molecular weight excluding hydrogens is 238 g/mol. The summed E-state index contributed by atoms with van der Waals surface area (Å²) < 4.78 is 0. The number of aromatic nitrogens is 2. The Bertz CT molecular complexity index is 355. The Labute approximate surface area is 107 Å². The zero-order chi connectivity index (χ0) is 12.1. The molecule has 4 nitrogen and oxygen atoms in total. The zero-order valence-corrected chi connectivity index (χ0v) is 10.6. The largest absolute Gasteiger partial charge is 0.395 e. The first-order valence-electron chi connectivity index (χ1n) is 6.17. The third-order valence-electron chi connectivity index (χ3n) is 3.26. The summed E-state index contributed by atoms with van der Waals surface area (Å²) in [4.78, 5) is 10.5. The number of anilines is 1. The minimum absolute atomic E-state index is 0.114. The maximum absolute atomic E-state index is 9.19. The standard InChI is InChI=1S/C12H18ClN3O/c13-11-12(15-7-6-14-11)16(8-9-17)10-4-2-1-3-5-10/h6-7,10,17H,1-5,8-9H2. The van der Waals surface area contributed by atoms with Gasteiger partial charge in [0.05, 0.1) is 6.61 Å². The summed E-state index contributed by atoms with van der Waals surface area (Å²) >= 11 is 6.08. The Morgan fingerprint density at radius 3 is 2.59 bits per heavy atom. The maximum Gasteiger partial charge on any atom is 0.171 e. The number of aliphatic hydroxyl groups is 1. The fourth-order valence-corrected chi connectivity index (χ4v) is 2.68. The monoisotopic (exact) mass is 255 g/mol. The molecule has 0 aliphatic heterocycles. The lowest BCUT2D eigenvalue weighted by Gasteiger charge is -2.34. The fourth-order valence-electron chi connectivity index (χ4n) is 2.47. The SMILES string of the molecule is OCCN(c1nccnc1Cl)C1CCCCC1. The van der Waals surface area contributed by atoms with Crippen molar-refractivity contribution < 1.29 is 5.11 Å². The first kappa shape index (κ1) is 12.6. The van der Waals surface area contributed by atoms with Gasteiger partial charge < -0.3 is 10.0 Å². The number of hydrogen-bond acceptors (Lipinski definition) is 4. The summed E-state index contributed by atoms with van der Waals surface area (Å²) in [5, 5.41) is 9.61. The number of nitrogens with zero attached hydrogens (tertiary/aromatic N) is 3. The van der Waals surface area contributed by atoms with Crippen LogP contribution in [0.4, 0.5) is 5.82 Å². The van der Waals surface area contributed by atoms with Crippen molar-refractivity contribution in [3.8, 4) is 0 Å². The Balaban J connectivity index is 2.18. The molecule has 0 bridgehead atoms. The molecule has 5 heteroatoms. The van der Waals surface area contributed by atoms with Crippen LogP contribution in [0.3, 0.4) is 0 Å². The molecule has 17 heavy (non-hydrogen) atoms. The van der Waals surface area contributed by atoms with E-state index in [1.165, 1.54) is 19.3 Å². The molecule has 1 aliphatic carbocycles. The lowest BCUT2D eigenvalue weighted by atomic mass is 9.94. The highest BCUT2D eigenvalue weighted by Gasteiger charge is 2.23. The predicted octanol–water partition coefficient (Wildman–Crippen LogP) is 2.26. The van der Waals surface area contributed by atoms with Crippen LogP contribution in [0.2, 0.25) is 5.15 Å². The average molecular weight is 256 g/mol. The molecule has 0 spiro atoms. The number of halogens is 1. The minimum Gasteiger partial charge on any atom is -0.395 e. The molecular formula is C12H18ClN3O. The van der Waals surface area contributed by atoms with Gasteiger partial charge >= 0.3 is 0 Å². The first-order chi connectivity index (χ1) is 8.33. The molecule has 0 unspecified atom stereocenters. The van der Waals surface area contributed by atoms with Crippen LogP contribution in [0, 0.1) is 0 Å². The Morgan fingerprint density at radius 2 is 1.94 bits per heavy atom. The molecule has 0 radical (unpaired) electrons. The van der Waals surface area contributed by atoms with E-state index in [-0.39, 0.29) is 6.61 Å². The smallest absolute Gasteiger partial charge is 0.171 e. The summed E-state index contributed by atoms with van der Waals surface area (Å²) in [6.45, 7) is 0.687. The highest BCUT2D eigenvalue weighted by Crippen LogP contribution is 2.28. The molecule has 1 aromatic rings. The van der Waals surface area contributed by atoms with Crippen molar-refractivity contribution in [3.05, 3.63) is 17.5 Å². The molecule has 0 amide bonds. The van der Waals surface area contributed by atoms with E-state index in [4.69, 9.17) is 11.6 Å². The summed E-state index contributed by atoms with van der Waals surface area (Å²) in [5.74, 6) is 0.704. The molecule has 1 fully saturated rings. The summed E-state index contributed by atoms with van der Waals surface area (Å²) in [6, 6.07) is 0.435. The van der Waals surface area contributed by atoms with Crippen LogP contribution in [-0.2, 0) is 0 Å². The number of hydrogen-bond donors (Lipinski definition) is 1. The normalized spacial score (nSPS) is 17.1. The van der Waals surface area contributed by atoms with Crippen LogP contribution in [0.15, 0.2) is 12.4 Å². The number of aliphatic hydroxyl groups excluding tert-OH is 1. The van der Waals surface area contributed by atoms with Crippen LogP contribution in [0.1, 0.15) is 32.1 Å². The van der Waals surface area contributed by atoms with Gasteiger partial charge in [0.25, 0.3) is 0 Å². The highest BCUT2D eigenvalue weighted by atomic mass is 35.5. The molecule has 1 saturated carbocycles. The molecule has 2 rings (SSSR count). The zero-order valence-electron chi connectivity index (χ0n) is 9.85. The van der Waals surface area contributed by atoms with Gasteiger partial charge in [0, 0.05) is 25.0 Å². The van der Waals surface area contributed by atoms with Crippen LogP contribution in [0.25, 0.3) is 0 Å². The average Bonchev–Trinajstić information content (AvgIpc) is 2.38. The Kier molecular flexibility index (Phi) is 4.57. The minimum atomic E-state index is 0.114. The predicted molar refractivity (Wildman–Crippen MR) is 68.3 cm³/mol. The van der Waals surface area contributed by atoms with Gasteiger partial charge in [-0.05, 0) is 12.8 Å². The van der Waals surface area contributed by atoms with Gasteiger partial charge in [0.1, 0.15) is 0 Å². The molecule has 0 aromatic carbocycles. The quantitative estimate of drug-likeness (QED) is 0.897. The topological polar surface area (TPSA) is 49.2 Å². The van der Waals surface area contributed by atoms with E-state index in [1.54, 1.807) is 12.4 Å². The molecule has 1 aliphatic rings. The summed E-state index contributed by atoms with van der Waals surface area (Å²) in [7, 11) is 0. The van der Waals surface area contributed by atoms with Crippen molar-refractivity contribution in [1.82, 2.24) is 9.97 Å². The van der Waals surface area contributed by atoms with Gasteiger partial charge in [-0.15, -0.1) is 0 Å². The van der Waals surface area contributed by atoms with E-state index in [9.17, 15) is 5.11 Å². The van der Waals surface area contributed by atoms with E-state index >= 15 is 0 Å².